The van der Waals surface area contributed by atoms with Crippen molar-refractivity contribution >= 4 is 5.97 Å². The Morgan fingerprint density at radius 1 is 1.47 bits per heavy atom. The number of aromatic nitrogens is 1. The lowest BCUT2D eigenvalue weighted by molar-refractivity contribution is 0.0374. The van der Waals surface area contributed by atoms with Crippen molar-refractivity contribution < 1.29 is 19.2 Å². The molecule has 2 rings (SSSR count). The molecule has 106 valence electrons. The van der Waals surface area contributed by atoms with Gasteiger partial charge in [0, 0.05) is 13.1 Å². The molecule has 0 saturated carbocycles. The number of aromatic carboxylic acids is 1. The van der Waals surface area contributed by atoms with E-state index in [9.17, 15) is 4.79 Å². The van der Waals surface area contributed by atoms with Gasteiger partial charge < -0.3 is 19.7 Å². The van der Waals surface area contributed by atoms with E-state index >= 15 is 0 Å². The van der Waals surface area contributed by atoms with E-state index in [2.05, 4.69) is 15.4 Å². The molecule has 1 fully saturated rings. The molecular weight excluding hydrogens is 250 g/mol. The predicted octanol–water partition coefficient (Wildman–Crippen LogP) is 0.185. The molecule has 1 aliphatic rings. The lowest BCUT2D eigenvalue weighted by Gasteiger charge is -2.26. The van der Waals surface area contributed by atoms with Gasteiger partial charge in [-0.25, -0.2) is 4.79 Å². The van der Waals surface area contributed by atoms with Gasteiger partial charge in [-0.05, 0) is 19.5 Å². The molecule has 1 aliphatic heterocycles. The standard InChI is InChI=1S/C12H19N3O4/c16-12(17)10-8-14-19-11(10)9-13-2-1-3-15-4-6-18-7-5-15/h8,13H,1-7,9H2,(H,16,17). The number of nitrogens with zero attached hydrogens (tertiary/aromatic N) is 2. The minimum absolute atomic E-state index is 0.126. The summed E-state index contributed by atoms with van der Waals surface area (Å²) in [5, 5.41) is 15.5. The third-order valence-corrected chi connectivity index (χ3v) is 3.09. The van der Waals surface area contributed by atoms with E-state index in [0.29, 0.717) is 12.3 Å². The van der Waals surface area contributed by atoms with Gasteiger partial charge in [-0.3, -0.25) is 4.90 Å². The number of carboxylic acid groups (broad SMARTS) is 1. The number of hydrogen-bond donors (Lipinski definition) is 2. The Kier molecular flexibility index (Phi) is 5.31. The highest BCUT2D eigenvalue weighted by molar-refractivity contribution is 5.88. The first-order chi connectivity index (χ1) is 9.27. The van der Waals surface area contributed by atoms with Crippen molar-refractivity contribution in [1.82, 2.24) is 15.4 Å². The summed E-state index contributed by atoms with van der Waals surface area (Å²) in [7, 11) is 0. The summed E-state index contributed by atoms with van der Waals surface area (Å²) in [6.45, 7) is 5.85. The molecule has 0 aliphatic carbocycles. The van der Waals surface area contributed by atoms with Crippen molar-refractivity contribution in [3.05, 3.63) is 17.5 Å². The molecule has 0 radical (unpaired) electrons. The molecule has 1 aromatic rings. The number of ether oxygens (including phenoxy) is 1. The smallest absolute Gasteiger partial charge is 0.341 e. The average molecular weight is 269 g/mol. The maximum Gasteiger partial charge on any atom is 0.341 e. The summed E-state index contributed by atoms with van der Waals surface area (Å²) in [6, 6.07) is 0. The molecule has 0 atom stereocenters. The zero-order chi connectivity index (χ0) is 13.5. The van der Waals surface area contributed by atoms with Crippen LogP contribution in [-0.4, -0.2) is 60.5 Å². The lowest BCUT2D eigenvalue weighted by Crippen LogP contribution is -2.37. The second-order valence-corrected chi connectivity index (χ2v) is 4.45. The van der Waals surface area contributed by atoms with Gasteiger partial charge >= 0.3 is 5.97 Å². The maximum atomic E-state index is 10.8. The van der Waals surface area contributed by atoms with Gasteiger partial charge in [0.2, 0.25) is 0 Å². The minimum atomic E-state index is -1.01. The van der Waals surface area contributed by atoms with Gasteiger partial charge in [0.25, 0.3) is 0 Å². The SMILES string of the molecule is O=C(O)c1cnoc1CNCCCN1CCOCC1. The van der Waals surface area contributed by atoms with E-state index < -0.39 is 5.97 Å². The molecule has 0 aromatic carbocycles. The van der Waals surface area contributed by atoms with Crippen molar-refractivity contribution in [1.29, 1.82) is 0 Å². The van der Waals surface area contributed by atoms with Crippen LogP contribution in [0.5, 0.6) is 0 Å². The fourth-order valence-electron chi connectivity index (χ4n) is 2.02. The van der Waals surface area contributed by atoms with E-state index in [1.165, 1.54) is 6.20 Å². The summed E-state index contributed by atoms with van der Waals surface area (Å²) in [4.78, 5) is 13.2. The third-order valence-electron chi connectivity index (χ3n) is 3.09. The van der Waals surface area contributed by atoms with Crippen LogP contribution in [0.15, 0.2) is 10.7 Å². The molecule has 7 nitrogen and oxygen atoms in total. The largest absolute Gasteiger partial charge is 0.478 e. The number of carboxylic acids is 1. The highest BCUT2D eigenvalue weighted by Crippen LogP contribution is 2.07. The van der Waals surface area contributed by atoms with Crippen LogP contribution in [0, 0.1) is 0 Å². The van der Waals surface area contributed by atoms with Gasteiger partial charge in [0.05, 0.1) is 26.0 Å². The Hall–Kier alpha value is -1.44. The van der Waals surface area contributed by atoms with E-state index in [1.54, 1.807) is 0 Å². The highest BCUT2D eigenvalue weighted by atomic mass is 16.5. The van der Waals surface area contributed by atoms with Gasteiger partial charge in [0.1, 0.15) is 5.56 Å². The Morgan fingerprint density at radius 2 is 2.26 bits per heavy atom. The van der Waals surface area contributed by atoms with Crippen molar-refractivity contribution in [3.63, 3.8) is 0 Å². The highest BCUT2D eigenvalue weighted by Gasteiger charge is 2.14. The summed E-state index contributed by atoms with van der Waals surface area (Å²) in [6.07, 6.45) is 2.24. The van der Waals surface area contributed by atoms with E-state index in [1.807, 2.05) is 0 Å². The Morgan fingerprint density at radius 3 is 3.00 bits per heavy atom. The minimum Gasteiger partial charge on any atom is -0.478 e. The monoisotopic (exact) mass is 269 g/mol. The topological polar surface area (TPSA) is 87.8 Å². The first-order valence-corrected chi connectivity index (χ1v) is 6.45. The summed E-state index contributed by atoms with van der Waals surface area (Å²) < 4.78 is 10.2. The van der Waals surface area contributed by atoms with Crippen LogP contribution in [0.4, 0.5) is 0 Å². The normalized spacial score (nSPS) is 16.6. The second kappa shape index (κ2) is 7.22. The van der Waals surface area contributed by atoms with Crippen molar-refractivity contribution in [2.75, 3.05) is 39.4 Å². The molecule has 0 unspecified atom stereocenters. The molecule has 7 heteroatoms. The fourth-order valence-corrected chi connectivity index (χ4v) is 2.02. The molecule has 0 spiro atoms. The van der Waals surface area contributed by atoms with Gasteiger partial charge in [-0.15, -0.1) is 0 Å². The van der Waals surface area contributed by atoms with Crippen LogP contribution in [0.2, 0.25) is 0 Å². The summed E-state index contributed by atoms with van der Waals surface area (Å²) >= 11 is 0. The third kappa shape index (κ3) is 4.30. The van der Waals surface area contributed by atoms with Crippen molar-refractivity contribution in [3.8, 4) is 0 Å². The van der Waals surface area contributed by atoms with E-state index in [0.717, 1.165) is 45.8 Å². The Bertz CT molecular complexity index is 401. The fraction of sp³-hybridized carbons (Fsp3) is 0.667. The second-order valence-electron chi connectivity index (χ2n) is 4.45. The average Bonchev–Trinajstić information content (AvgIpc) is 2.88. The van der Waals surface area contributed by atoms with Crippen LogP contribution < -0.4 is 5.32 Å². The van der Waals surface area contributed by atoms with Crippen molar-refractivity contribution in [2.45, 2.75) is 13.0 Å². The summed E-state index contributed by atoms with van der Waals surface area (Å²) in [5.41, 5.74) is 0.126. The number of carbonyl (C=O) groups is 1. The van der Waals surface area contributed by atoms with Crippen LogP contribution in [0.25, 0.3) is 0 Å². The van der Waals surface area contributed by atoms with Gasteiger partial charge in [-0.2, -0.15) is 0 Å². The molecular formula is C12H19N3O4. The van der Waals surface area contributed by atoms with E-state index in [4.69, 9.17) is 14.4 Å². The number of morpholine rings is 1. The molecule has 1 saturated heterocycles. The first-order valence-electron chi connectivity index (χ1n) is 6.45. The quantitative estimate of drug-likeness (QED) is 0.683. The number of nitrogens with one attached hydrogen (secondary N) is 1. The number of hydrogen-bond acceptors (Lipinski definition) is 6. The Balaban J connectivity index is 1.61. The van der Waals surface area contributed by atoms with Crippen LogP contribution in [0.1, 0.15) is 22.5 Å². The van der Waals surface area contributed by atoms with E-state index in [-0.39, 0.29) is 5.56 Å². The predicted molar refractivity (Wildman–Crippen MR) is 67.0 cm³/mol. The van der Waals surface area contributed by atoms with Crippen LogP contribution in [-0.2, 0) is 11.3 Å². The Labute approximate surface area is 111 Å². The first kappa shape index (κ1) is 14.0. The summed E-state index contributed by atoms with van der Waals surface area (Å²) in [5.74, 6) is -0.634. The zero-order valence-corrected chi connectivity index (χ0v) is 10.8. The maximum absolute atomic E-state index is 10.8. The van der Waals surface area contributed by atoms with Crippen LogP contribution in [0.3, 0.4) is 0 Å². The van der Waals surface area contributed by atoms with Gasteiger partial charge in [0.15, 0.2) is 5.76 Å². The van der Waals surface area contributed by atoms with Crippen molar-refractivity contribution in [2.24, 2.45) is 0 Å². The molecule has 1 aromatic heterocycles. The zero-order valence-electron chi connectivity index (χ0n) is 10.8. The molecule has 0 amide bonds. The van der Waals surface area contributed by atoms with Gasteiger partial charge in [-0.1, -0.05) is 5.16 Å². The molecule has 0 bridgehead atoms. The number of rotatable bonds is 7. The molecule has 2 heterocycles. The molecule has 2 N–H and O–H groups in total. The van der Waals surface area contributed by atoms with Crippen LogP contribution >= 0.6 is 0 Å². The lowest BCUT2D eigenvalue weighted by atomic mass is 10.2. The molecule has 19 heavy (non-hydrogen) atoms.